The predicted molar refractivity (Wildman–Crippen MR) is 94.2 cm³/mol. The molecule has 26 heavy (non-hydrogen) atoms. The van der Waals surface area contributed by atoms with Gasteiger partial charge in [-0.05, 0) is 24.3 Å². The van der Waals surface area contributed by atoms with Gasteiger partial charge in [0.25, 0.3) is 5.91 Å². The van der Waals surface area contributed by atoms with Crippen LogP contribution in [0.25, 0.3) is 0 Å². The Morgan fingerprint density at radius 1 is 1.19 bits per heavy atom. The van der Waals surface area contributed by atoms with Gasteiger partial charge >= 0.3 is 5.97 Å². The van der Waals surface area contributed by atoms with Crippen molar-refractivity contribution in [1.82, 2.24) is 14.5 Å². The van der Waals surface area contributed by atoms with Gasteiger partial charge in [0.2, 0.25) is 10.0 Å². The lowest BCUT2D eigenvalue weighted by molar-refractivity contribution is -0.147. The van der Waals surface area contributed by atoms with Crippen molar-refractivity contribution in [3.8, 4) is 5.75 Å². The number of benzene rings is 1. The van der Waals surface area contributed by atoms with Crippen LogP contribution < -0.4 is 5.32 Å². The van der Waals surface area contributed by atoms with Crippen LogP contribution in [0.4, 0.5) is 0 Å². The summed E-state index contributed by atoms with van der Waals surface area (Å²) in [7, 11) is -2.00. The minimum absolute atomic E-state index is 0.0330. The highest BCUT2D eigenvalue weighted by Gasteiger charge is 2.32. The number of amides is 1. The molecule has 1 aliphatic rings. The first-order valence-electron chi connectivity index (χ1n) is 8.06. The van der Waals surface area contributed by atoms with E-state index in [1.807, 2.05) is 0 Å². The van der Waals surface area contributed by atoms with Gasteiger partial charge in [-0.2, -0.15) is 4.31 Å². The van der Waals surface area contributed by atoms with Crippen molar-refractivity contribution in [1.29, 1.82) is 0 Å². The van der Waals surface area contributed by atoms with Crippen molar-refractivity contribution in [2.24, 2.45) is 0 Å². The number of rotatable bonds is 6. The first kappa shape index (κ1) is 20.1. The lowest BCUT2D eigenvalue weighted by Gasteiger charge is -2.37. The fourth-order valence-electron chi connectivity index (χ4n) is 2.75. The normalized spacial score (nSPS) is 17.5. The molecule has 0 aromatic heterocycles. The number of nitrogens with one attached hydrogen (secondary N) is 1. The Kier molecular flexibility index (Phi) is 6.57. The molecule has 2 rings (SSSR count). The molecule has 1 aromatic carbocycles. The van der Waals surface area contributed by atoms with E-state index in [1.165, 1.54) is 35.7 Å². The molecule has 1 amide bonds. The summed E-state index contributed by atoms with van der Waals surface area (Å²) in [4.78, 5) is 26.1. The van der Waals surface area contributed by atoms with E-state index < -0.39 is 22.0 Å². The molecule has 1 heterocycles. The number of esters is 1. The summed E-state index contributed by atoms with van der Waals surface area (Å²) in [5.41, 5.74) is 0.355. The highest BCUT2D eigenvalue weighted by molar-refractivity contribution is 7.88. The van der Waals surface area contributed by atoms with Crippen molar-refractivity contribution in [2.45, 2.75) is 6.04 Å². The number of sulfonamides is 1. The van der Waals surface area contributed by atoms with E-state index in [2.05, 4.69) is 5.32 Å². The lowest BCUT2D eigenvalue weighted by atomic mass is 10.1. The molecule has 144 valence electrons. The molecule has 1 aliphatic heterocycles. The quantitative estimate of drug-likeness (QED) is 0.618. The van der Waals surface area contributed by atoms with Crippen LogP contribution in [0.2, 0.25) is 0 Å². The number of hydrogen-bond donors (Lipinski definition) is 2. The zero-order valence-electron chi connectivity index (χ0n) is 14.7. The highest BCUT2D eigenvalue weighted by Crippen LogP contribution is 2.12. The largest absolute Gasteiger partial charge is 0.508 e. The number of piperazine rings is 1. The Labute approximate surface area is 152 Å². The summed E-state index contributed by atoms with van der Waals surface area (Å²) >= 11 is 0. The molecule has 1 fully saturated rings. The van der Waals surface area contributed by atoms with Crippen LogP contribution in [-0.4, -0.2) is 86.7 Å². The summed E-state index contributed by atoms with van der Waals surface area (Å²) in [5, 5.41) is 11.9. The SMILES string of the molecule is COC(=O)[C@@H](CNC(=O)c1ccc(O)cc1)N1CCN(S(C)(=O)=O)CC1. The maximum Gasteiger partial charge on any atom is 0.324 e. The van der Waals surface area contributed by atoms with Gasteiger partial charge < -0.3 is 15.2 Å². The van der Waals surface area contributed by atoms with E-state index in [0.717, 1.165) is 6.26 Å². The number of phenols is 1. The summed E-state index contributed by atoms with van der Waals surface area (Å²) in [5.74, 6) is -0.824. The molecule has 0 bridgehead atoms. The molecule has 0 radical (unpaired) electrons. The average Bonchev–Trinajstić information content (AvgIpc) is 2.61. The lowest BCUT2D eigenvalue weighted by Crippen LogP contribution is -2.57. The maximum absolute atomic E-state index is 12.2. The molecular weight excluding hydrogens is 362 g/mol. The van der Waals surface area contributed by atoms with Crippen LogP contribution in [-0.2, 0) is 19.6 Å². The van der Waals surface area contributed by atoms with Crippen LogP contribution in [0, 0.1) is 0 Å². The first-order chi connectivity index (χ1) is 12.2. The van der Waals surface area contributed by atoms with Crippen LogP contribution in [0.5, 0.6) is 5.75 Å². The Morgan fingerprint density at radius 3 is 2.27 bits per heavy atom. The second-order valence-corrected chi connectivity index (χ2v) is 7.98. The second kappa shape index (κ2) is 8.47. The van der Waals surface area contributed by atoms with Crippen molar-refractivity contribution in [3.05, 3.63) is 29.8 Å². The van der Waals surface area contributed by atoms with Crippen molar-refractivity contribution in [3.63, 3.8) is 0 Å². The molecule has 2 N–H and O–H groups in total. The second-order valence-electron chi connectivity index (χ2n) is 5.99. The topological polar surface area (TPSA) is 116 Å². The van der Waals surface area contributed by atoms with Crippen molar-refractivity contribution in [2.75, 3.05) is 46.1 Å². The van der Waals surface area contributed by atoms with Crippen LogP contribution in [0.1, 0.15) is 10.4 Å². The minimum Gasteiger partial charge on any atom is -0.508 e. The monoisotopic (exact) mass is 385 g/mol. The number of carbonyl (C=O) groups excluding carboxylic acids is 2. The number of carbonyl (C=O) groups is 2. The molecule has 9 nitrogen and oxygen atoms in total. The minimum atomic E-state index is -3.27. The first-order valence-corrected chi connectivity index (χ1v) is 9.91. The summed E-state index contributed by atoms with van der Waals surface area (Å²) in [6.07, 6.45) is 1.15. The van der Waals surface area contributed by atoms with Gasteiger partial charge in [-0.25, -0.2) is 8.42 Å². The predicted octanol–water partition coefficient (Wildman–Crippen LogP) is -0.759. The molecule has 1 atom stereocenters. The van der Waals surface area contributed by atoms with Gasteiger partial charge in [0, 0.05) is 38.3 Å². The molecule has 0 spiro atoms. The number of ether oxygens (including phenoxy) is 1. The van der Waals surface area contributed by atoms with Crippen LogP contribution in [0.15, 0.2) is 24.3 Å². The van der Waals surface area contributed by atoms with E-state index in [1.54, 1.807) is 4.90 Å². The Morgan fingerprint density at radius 2 is 1.77 bits per heavy atom. The summed E-state index contributed by atoms with van der Waals surface area (Å²) in [6.45, 7) is 1.31. The highest BCUT2D eigenvalue weighted by atomic mass is 32.2. The van der Waals surface area contributed by atoms with Gasteiger partial charge in [0.15, 0.2) is 0 Å². The van der Waals surface area contributed by atoms with Gasteiger partial charge in [0.05, 0.1) is 13.4 Å². The third-order valence-corrected chi connectivity index (χ3v) is 5.54. The standard InChI is InChI=1S/C16H23N3O6S/c1-25-16(22)14(18-7-9-19(10-8-18)26(2,23)24)11-17-15(21)12-3-5-13(20)6-4-12/h3-6,14,20H,7-11H2,1-2H3,(H,17,21)/t14-/m1/s1. The van der Waals surface area contributed by atoms with Crippen molar-refractivity contribution < 1.29 is 27.9 Å². The number of hydrogen-bond acceptors (Lipinski definition) is 7. The fraction of sp³-hybridized carbons (Fsp3) is 0.500. The van der Waals surface area contributed by atoms with E-state index in [0.29, 0.717) is 18.7 Å². The number of aromatic hydroxyl groups is 1. The molecule has 1 saturated heterocycles. The van der Waals surface area contributed by atoms with Gasteiger partial charge in [0.1, 0.15) is 11.8 Å². The maximum atomic E-state index is 12.2. The third-order valence-electron chi connectivity index (χ3n) is 4.24. The van der Waals surface area contributed by atoms with Crippen LogP contribution >= 0.6 is 0 Å². The molecule has 0 saturated carbocycles. The van der Waals surface area contributed by atoms with Crippen LogP contribution in [0.3, 0.4) is 0 Å². The van der Waals surface area contributed by atoms with E-state index >= 15 is 0 Å². The van der Waals surface area contributed by atoms with Gasteiger partial charge in [-0.15, -0.1) is 0 Å². The van der Waals surface area contributed by atoms with E-state index in [-0.39, 0.29) is 31.3 Å². The average molecular weight is 385 g/mol. The summed E-state index contributed by atoms with van der Waals surface area (Å²) < 4.78 is 29.4. The molecule has 10 heteroatoms. The molecule has 0 unspecified atom stereocenters. The zero-order valence-corrected chi connectivity index (χ0v) is 15.5. The smallest absolute Gasteiger partial charge is 0.324 e. The Bertz CT molecular complexity index is 742. The van der Waals surface area contributed by atoms with E-state index in [4.69, 9.17) is 4.74 Å². The molecular formula is C16H23N3O6S. The van der Waals surface area contributed by atoms with Crippen molar-refractivity contribution >= 4 is 21.9 Å². The summed E-state index contributed by atoms with van der Waals surface area (Å²) in [6, 6.07) is 5.04. The van der Waals surface area contributed by atoms with E-state index in [9.17, 15) is 23.1 Å². The third kappa shape index (κ3) is 5.16. The van der Waals surface area contributed by atoms with Gasteiger partial charge in [-0.1, -0.05) is 0 Å². The molecule has 1 aromatic rings. The Balaban J connectivity index is 1.99. The Hall–Kier alpha value is -2.17. The van der Waals surface area contributed by atoms with Gasteiger partial charge in [-0.3, -0.25) is 14.5 Å². The molecule has 0 aliphatic carbocycles. The number of phenolic OH excluding ortho intramolecular Hbond substituents is 1. The zero-order chi connectivity index (χ0) is 19.3. The number of methoxy groups -OCH3 is 1. The number of nitrogens with zero attached hydrogens (tertiary/aromatic N) is 2. The fourth-order valence-corrected chi connectivity index (χ4v) is 3.58.